The van der Waals surface area contributed by atoms with Gasteiger partial charge in [-0.15, -0.1) is 0 Å². The van der Waals surface area contributed by atoms with Crippen LogP contribution in [0.5, 0.6) is 0 Å². The quantitative estimate of drug-likeness (QED) is 0.886. The van der Waals surface area contributed by atoms with Crippen LogP contribution in [0.4, 0.5) is 10.1 Å². The van der Waals surface area contributed by atoms with Gasteiger partial charge in [-0.2, -0.15) is 0 Å². The van der Waals surface area contributed by atoms with Crippen molar-refractivity contribution in [1.29, 1.82) is 0 Å². The van der Waals surface area contributed by atoms with Crippen LogP contribution in [0.25, 0.3) is 0 Å². The van der Waals surface area contributed by atoms with Crippen LogP contribution >= 0.6 is 0 Å². The second kappa shape index (κ2) is 5.27. The summed E-state index contributed by atoms with van der Waals surface area (Å²) in [4.78, 5) is 2.35. The molecule has 2 nitrogen and oxygen atoms in total. The highest BCUT2D eigenvalue weighted by Gasteiger charge is 2.33. The maximum Gasteiger partial charge on any atom is 0.125 e. The van der Waals surface area contributed by atoms with Gasteiger partial charge in [-0.25, -0.2) is 4.39 Å². The highest BCUT2D eigenvalue weighted by atomic mass is 19.1. The van der Waals surface area contributed by atoms with Gasteiger partial charge in [0.25, 0.3) is 0 Å². The molecule has 1 N–H and O–H groups in total. The van der Waals surface area contributed by atoms with E-state index in [1.165, 1.54) is 6.07 Å². The van der Waals surface area contributed by atoms with Crippen molar-refractivity contribution in [1.82, 2.24) is 5.32 Å². The monoisotopic (exact) mass is 250 g/mol. The predicted octanol–water partition coefficient (Wildman–Crippen LogP) is 3.18. The molecule has 1 aliphatic heterocycles. The van der Waals surface area contributed by atoms with E-state index in [0.29, 0.717) is 6.04 Å². The Kier molecular flexibility index (Phi) is 3.91. The molecular weight excluding hydrogens is 227 g/mol. The Bertz CT molecular complexity index is 407. The van der Waals surface area contributed by atoms with Crippen LogP contribution in [-0.4, -0.2) is 24.7 Å². The van der Waals surface area contributed by atoms with Gasteiger partial charge < -0.3 is 10.2 Å². The fourth-order valence-electron chi connectivity index (χ4n) is 2.59. The molecule has 0 aromatic heterocycles. The minimum absolute atomic E-state index is 0.123. The Labute approximate surface area is 109 Å². The van der Waals surface area contributed by atoms with Gasteiger partial charge in [-0.05, 0) is 38.0 Å². The number of anilines is 1. The molecule has 0 saturated carbocycles. The third-order valence-corrected chi connectivity index (χ3v) is 4.12. The van der Waals surface area contributed by atoms with E-state index in [-0.39, 0.29) is 11.4 Å². The van der Waals surface area contributed by atoms with E-state index in [1.54, 1.807) is 12.1 Å². The first-order valence-corrected chi connectivity index (χ1v) is 6.85. The van der Waals surface area contributed by atoms with E-state index in [4.69, 9.17) is 0 Å². The lowest BCUT2D eigenvalue weighted by atomic mass is 9.92. The average molecular weight is 250 g/mol. The molecule has 1 aromatic rings. The maximum atomic E-state index is 13.4. The molecule has 0 aliphatic carbocycles. The van der Waals surface area contributed by atoms with Crippen LogP contribution in [0, 0.1) is 5.82 Å². The summed E-state index contributed by atoms with van der Waals surface area (Å²) >= 11 is 0. The number of nitrogens with zero attached hydrogens (tertiary/aromatic N) is 1. The van der Waals surface area contributed by atoms with E-state index >= 15 is 0 Å². The zero-order valence-electron chi connectivity index (χ0n) is 11.5. The number of piperazine rings is 1. The standard InChI is InChI=1S/C15H23FN2/c1-4-13-10-17-15(3,5-2)11-18(13)14-8-6-7-12(16)9-14/h6-9,13,17H,4-5,10-11H2,1-3H3. The Morgan fingerprint density at radius 3 is 2.83 bits per heavy atom. The molecule has 1 fully saturated rings. The van der Waals surface area contributed by atoms with Gasteiger partial charge in [-0.3, -0.25) is 0 Å². The van der Waals surface area contributed by atoms with Gasteiger partial charge in [-0.1, -0.05) is 19.9 Å². The van der Waals surface area contributed by atoms with Crippen molar-refractivity contribution in [2.75, 3.05) is 18.0 Å². The van der Waals surface area contributed by atoms with Crippen molar-refractivity contribution < 1.29 is 4.39 Å². The van der Waals surface area contributed by atoms with E-state index in [0.717, 1.165) is 31.6 Å². The molecule has 0 bridgehead atoms. The molecular formula is C15H23FN2. The van der Waals surface area contributed by atoms with Gasteiger partial charge >= 0.3 is 0 Å². The van der Waals surface area contributed by atoms with E-state index in [9.17, 15) is 4.39 Å². The van der Waals surface area contributed by atoms with Crippen LogP contribution in [-0.2, 0) is 0 Å². The molecule has 100 valence electrons. The number of halogens is 1. The molecule has 0 radical (unpaired) electrons. The van der Waals surface area contributed by atoms with Crippen molar-refractivity contribution in [3.05, 3.63) is 30.1 Å². The van der Waals surface area contributed by atoms with Gasteiger partial charge in [0, 0.05) is 30.4 Å². The second-order valence-corrected chi connectivity index (χ2v) is 5.46. The summed E-state index contributed by atoms with van der Waals surface area (Å²) in [5.41, 5.74) is 1.13. The van der Waals surface area contributed by atoms with Crippen molar-refractivity contribution >= 4 is 5.69 Å². The van der Waals surface area contributed by atoms with Crippen molar-refractivity contribution in [3.8, 4) is 0 Å². The fraction of sp³-hybridized carbons (Fsp3) is 0.600. The van der Waals surface area contributed by atoms with Crippen molar-refractivity contribution in [2.45, 2.75) is 45.2 Å². The van der Waals surface area contributed by atoms with Crippen molar-refractivity contribution in [3.63, 3.8) is 0 Å². The van der Waals surface area contributed by atoms with Crippen LogP contribution in [0.2, 0.25) is 0 Å². The highest BCUT2D eigenvalue weighted by molar-refractivity contribution is 5.49. The number of hydrogen-bond donors (Lipinski definition) is 1. The van der Waals surface area contributed by atoms with Gasteiger partial charge in [0.2, 0.25) is 0 Å². The summed E-state index contributed by atoms with van der Waals surface area (Å²) in [6.07, 6.45) is 2.15. The number of nitrogens with one attached hydrogen (secondary N) is 1. The largest absolute Gasteiger partial charge is 0.365 e. The lowest BCUT2D eigenvalue weighted by Gasteiger charge is -2.47. The highest BCUT2D eigenvalue weighted by Crippen LogP contribution is 2.26. The SMILES string of the molecule is CCC1CNC(C)(CC)CN1c1cccc(F)c1. The Hall–Kier alpha value is -1.09. The van der Waals surface area contributed by atoms with Gasteiger partial charge in [0.05, 0.1) is 0 Å². The Balaban J connectivity index is 2.26. The summed E-state index contributed by atoms with van der Waals surface area (Å²) in [7, 11) is 0. The summed E-state index contributed by atoms with van der Waals surface area (Å²) in [6, 6.07) is 7.40. The molecule has 1 aromatic carbocycles. The van der Waals surface area contributed by atoms with Crippen LogP contribution in [0.3, 0.4) is 0 Å². The molecule has 1 heterocycles. The third-order valence-electron chi connectivity index (χ3n) is 4.12. The maximum absolute atomic E-state index is 13.4. The predicted molar refractivity (Wildman–Crippen MR) is 74.5 cm³/mol. The van der Waals surface area contributed by atoms with E-state index in [2.05, 4.69) is 31.0 Å². The van der Waals surface area contributed by atoms with Crippen LogP contribution in [0.1, 0.15) is 33.6 Å². The van der Waals surface area contributed by atoms with Crippen molar-refractivity contribution in [2.24, 2.45) is 0 Å². The van der Waals surface area contributed by atoms with E-state index < -0.39 is 0 Å². The zero-order valence-corrected chi connectivity index (χ0v) is 11.5. The molecule has 18 heavy (non-hydrogen) atoms. The molecule has 2 atom stereocenters. The number of benzene rings is 1. The minimum atomic E-state index is -0.154. The topological polar surface area (TPSA) is 15.3 Å². The first-order chi connectivity index (χ1) is 8.58. The summed E-state index contributed by atoms with van der Waals surface area (Å²) in [5.74, 6) is -0.154. The van der Waals surface area contributed by atoms with Gasteiger partial charge in [0.1, 0.15) is 5.82 Å². The normalized spacial score (nSPS) is 28.4. The number of hydrogen-bond acceptors (Lipinski definition) is 2. The smallest absolute Gasteiger partial charge is 0.125 e. The second-order valence-electron chi connectivity index (χ2n) is 5.46. The Morgan fingerprint density at radius 1 is 1.44 bits per heavy atom. The first kappa shape index (κ1) is 13.3. The molecule has 0 amide bonds. The van der Waals surface area contributed by atoms with E-state index in [1.807, 2.05) is 6.07 Å². The molecule has 1 aliphatic rings. The Morgan fingerprint density at radius 2 is 2.22 bits per heavy atom. The lowest BCUT2D eigenvalue weighted by molar-refractivity contribution is 0.276. The molecule has 2 unspecified atom stereocenters. The summed E-state index contributed by atoms with van der Waals surface area (Å²) in [5, 5.41) is 3.63. The fourth-order valence-corrected chi connectivity index (χ4v) is 2.59. The minimum Gasteiger partial charge on any atom is -0.365 e. The summed E-state index contributed by atoms with van der Waals surface area (Å²) < 4.78 is 13.4. The molecule has 3 heteroatoms. The summed E-state index contributed by atoms with van der Waals surface area (Å²) in [6.45, 7) is 8.53. The third kappa shape index (κ3) is 2.66. The molecule has 1 saturated heterocycles. The average Bonchev–Trinajstić information content (AvgIpc) is 2.39. The van der Waals surface area contributed by atoms with Crippen LogP contribution < -0.4 is 10.2 Å². The van der Waals surface area contributed by atoms with Gasteiger partial charge in [0.15, 0.2) is 0 Å². The molecule has 2 rings (SSSR count). The molecule has 0 spiro atoms. The first-order valence-electron chi connectivity index (χ1n) is 6.85. The lowest BCUT2D eigenvalue weighted by Crippen LogP contribution is -2.62. The zero-order chi connectivity index (χ0) is 13.2. The number of rotatable bonds is 3. The van der Waals surface area contributed by atoms with Crippen LogP contribution in [0.15, 0.2) is 24.3 Å².